The highest BCUT2D eigenvalue weighted by molar-refractivity contribution is 5.36. The van der Waals surface area contributed by atoms with Crippen molar-refractivity contribution in [2.24, 2.45) is 0 Å². The van der Waals surface area contributed by atoms with E-state index in [1.807, 2.05) is 12.1 Å². The van der Waals surface area contributed by atoms with Gasteiger partial charge < -0.3 is 10.2 Å². The van der Waals surface area contributed by atoms with Crippen LogP contribution in [0.25, 0.3) is 0 Å². The molecule has 1 aromatic rings. The monoisotopic (exact) mass is 245 g/mol. The normalized spacial score (nSPS) is 17.7. The average molecular weight is 245 g/mol. The topological polar surface area (TPSA) is 64.8 Å². The Balaban J connectivity index is 1.86. The highest BCUT2D eigenvalue weighted by Gasteiger charge is 2.20. The van der Waals surface area contributed by atoms with E-state index in [2.05, 4.69) is 34.3 Å². The van der Waals surface area contributed by atoms with Crippen molar-refractivity contribution in [3.8, 4) is 6.07 Å². The van der Waals surface area contributed by atoms with E-state index in [9.17, 15) is 0 Å². The number of aromatic nitrogens is 2. The van der Waals surface area contributed by atoms with Crippen LogP contribution in [0.4, 0.5) is 5.82 Å². The van der Waals surface area contributed by atoms with Crippen LogP contribution in [-0.2, 0) is 0 Å². The fraction of sp³-hybridized carbons (Fsp3) is 0.615. The second kappa shape index (κ2) is 5.78. The minimum absolute atomic E-state index is 0.357. The number of hydrogen-bond acceptors (Lipinski definition) is 5. The number of rotatable bonds is 3. The summed E-state index contributed by atoms with van der Waals surface area (Å²) >= 11 is 0. The number of nitrogens with one attached hydrogen (secondary N) is 1. The van der Waals surface area contributed by atoms with Gasteiger partial charge in [-0.05, 0) is 38.8 Å². The predicted octanol–water partition coefficient (Wildman–Crippen LogP) is 1.63. The lowest BCUT2D eigenvalue weighted by Crippen LogP contribution is -2.42. The molecule has 1 saturated heterocycles. The van der Waals surface area contributed by atoms with Gasteiger partial charge in [0.2, 0.25) is 0 Å². The summed E-state index contributed by atoms with van der Waals surface area (Å²) in [7, 11) is 0. The third-order valence-corrected chi connectivity index (χ3v) is 3.39. The third kappa shape index (κ3) is 3.17. The van der Waals surface area contributed by atoms with Crippen molar-refractivity contribution < 1.29 is 0 Å². The van der Waals surface area contributed by atoms with Crippen molar-refractivity contribution in [1.29, 1.82) is 5.26 Å². The van der Waals surface area contributed by atoms with Crippen LogP contribution in [0.15, 0.2) is 12.1 Å². The molecule has 0 aromatic carbocycles. The first-order valence-electron chi connectivity index (χ1n) is 6.43. The molecule has 0 amide bonds. The van der Waals surface area contributed by atoms with Crippen LogP contribution in [0.1, 0.15) is 32.4 Å². The minimum atomic E-state index is 0.357. The summed E-state index contributed by atoms with van der Waals surface area (Å²) in [5, 5.41) is 19.9. The molecule has 0 saturated carbocycles. The van der Waals surface area contributed by atoms with E-state index in [4.69, 9.17) is 5.26 Å². The van der Waals surface area contributed by atoms with Crippen LogP contribution in [0.5, 0.6) is 0 Å². The van der Waals surface area contributed by atoms with E-state index >= 15 is 0 Å². The van der Waals surface area contributed by atoms with Crippen LogP contribution in [0.3, 0.4) is 0 Å². The molecule has 1 N–H and O–H groups in total. The quantitative estimate of drug-likeness (QED) is 0.877. The molecular weight excluding hydrogens is 226 g/mol. The van der Waals surface area contributed by atoms with Crippen LogP contribution in [0, 0.1) is 11.3 Å². The Labute approximate surface area is 108 Å². The third-order valence-electron chi connectivity index (χ3n) is 3.39. The molecule has 0 atom stereocenters. The van der Waals surface area contributed by atoms with E-state index in [-0.39, 0.29) is 0 Å². The molecule has 96 valence electrons. The van der Waals surface area contributed by atoms with Gasteiger partial charge in [-0.25, -0.2) is 0 Å². The largest absolute Gasteiger partial charge is 0.366 e. The van der Waals surface area contributed by atoms with Crippen molar-refractivity contribution in [3.63, 3.8) is 0 Å². The van der Waals surface area contributed by atoms with Crippen molar-refractivity contribution in [1.82, 2.24) is 15.1 Å². The zero-order chi connectivity index (χ0) is 13.0. The van der Waals surface area contributed by atoms with Crippen molar-refractivity contribution in [2.75, 3.05) is 18.4 Å². The van der Waals surface area contributed by atoms with Crippen LogP contribution in [-0.4, -0.2) is 40.3 Å². The lowest BCUT2D eigenvalue weighted by atomic mass is 10.0. The van der Waals surface area contributed by atoms with Gasteiger partial charge in [0.25, 0.3) is 0 Å². The van der Waals surface area contributed by atoms with E-state index in [1.54, 1.807) is 6.07 Å². The molecule has 1 aliphatic heterocycles. The van der Waals surface area contributed by atoms with Gasteiger partial charge in [0, 0.05) is 25.2 Å². The van der Waals surface area contributed by atoms with Gasteiger partial charge in [0.05, 0.1) is 0 Å². The number of likely N-dealkylation sites (tertiary alicyclic amines) is 1. The van der Waals surface area contributed by atoms with Gasteiger partial charge in [-0.2, -0.15) is 5.26 Å². The zero-order valence-corrected chi connectivity index (χ0v) is 10.9. The minimum Gasteiger partial charge on any atom is -0.366 e. The van der Waals surface area contributed by atoms with Gasteiger partial charge in [-0.1, -0.05) is 0 Å². The summed E-state index contributed by atoms with van der Waals surface area (Å²) in [4.78, 5) is 2.49. The summed E-state index contributed by atoms with van der Waals surface area (Å²) in [5.41, 5.74) is 0.357. The first-order chi connectivity index (χ1) is 8.69. The van der Waals surface area contributed by atoms with E-state index < -0.39 is 0 Å². The molecule has 2 heterocycles. The van der Waals surface area contributed by atoms with Gasteiger partial charge in [0.15, 0.2) is 5.69 Å². The molecule has 5 heteroatoms. The molecule has 0 bridgehead atoms. The second-order valence-electron chi connectivity index (χ2n) is 4.96. The SMILES string of the molecule is CC(C)N1CCC(Nc2ccc(C#N)nn2)CC1. The maximum Gasteiger partial charge on any atom is 0.163 e. The van der Waals surface area contributed by atoms with Crippen molar-refractivity contribution in [2.45, 2.75) is 38.8 Å². The first-order valence-corrected chi connectivity index (χ1v) is 6.43. The van der Waals surface area contributed by atoms with Gasteiger partial charge >= 0.3 is 0 Å². The Bertz CT molecular complexity index is 412. The maximum atomic E-state index is 8.65. The fourth-order valence-corrected chi connectivity index (χ4v) is 2.24. The molecule has 1 aromatic heterocycles. The highest BCUT2D eigenvalue weighted by atomic mass is 15.2. The second-order valence-corrected chi connectivity index (χ2v) is 4.96. The van der Waals surface area contributed by atoms with Crippen LogP contribution < -0.4 is 5.32 Å². The average Bonchev–Trinajstić information content (AvgIpc) is 2.40. The van der Waals surface area contributed by atoms with Crippen molar-refractivity contribution >= 4 is 5.82 Å². The summed E-state index contributed by atoms with van der Waals surface area (Å²) in [6.45, 7) is 6.72. The highest BCUT2D eigenvalue weighted by Crippen LogP contribution is 2.16. The molecular formula is C13H19N5. The van der Waals surface area contributed by atoms with Gasteiger partial charge in [0.1, 0.15) is 11.9 Å². The number of hydrogen-bond donors (Lipinski definition) is 1. The van der Waals surface area contributed by atoms with E-state index in [1.165, 1.54) is 0 Å². The maximum absolute atomic E-state index is 8.65. The van der Waals surface area contributed by atoms with Crippen LogP contribution >= 0.6 is 0 Å². The molecule has 1 fully saturated rings. The van der Waals surface area contributed by atoms with E-state index in [0.29, 0.717) is 17.8 Å². The number of nitrogens with zero attached hydrogens (tertiary/aromatic N) is 4. The molecule has 0 radical (unpaired) electrons. The Kier molecular flexibility index (Phi) is 4.11. The Morgan fingerprint density at radius 3 is 2.56 bits per heavy atom. The van der Waals surface area contributed by atoms with E-state index in [0.717, 1.165) is 31.7 Å². The molecule has 2 rings (SSSR count). The molecule has 0 unspecified atom stereocenters. The molecule has 18 heavy (non-hydrogen) atoms. The van der Waals surface area contributed by atoms with Crippen molar-refractivity contribution in [3.05, 3.63) is 17.8 Å². The van der Waals surface area contributed by atoms with Gasteiger partial charge in [-0.15, -0.1) is 10.2 Å². The fourth-order valence-electron chi connectivity index (χ4n) is 2.24. The number of anilines is 1. The van der Waals surface area contributed by atoms with Crippen LogP contribution in [0.2, 0.25) is 0 Å². The van der Waals surface area contributed by atoms with Gasteiger partial charge in [-0.3, -0.25) is 0 Å². The Hall–Kier alpha value is -1.67. The molecule has 0 spiro atoms. The Morgan fingerprint density at radius 1 is 1.33 bits per heavy atom. The molecule has 5 nitrogen and oxygen atoms in total. The number of nitriles is 1. The summed E-state index contributed by atoms with van der Waals surface area (Å²) in [5.74, 6) is 0.761. The lowest BCUT2D eigenvalue weighted by molar-refractivity contribution is 0.177. The smallest absolute Gasteiger partial charge is 0.163 e. The molecule has 1 aliphatic rings. The molecule has 0 aliphatic carbocycles. The standard InChI is InChI=1S/C13H19N5/c1-10(2)18-7-5-11(6-8-18)15-13-4-3-12(9-14)16-17-13/h3-4,10-11H,5-8H2,1-2H3,(H,15,17). The summed E-state index contributed by atoms with van der Waals surface area (Å²) in [6, 6.07) is 6.57. The predicted molar refractivity (Wildman–Crippen MR) is 70.1 cm³/mol. The summed E-state index contributed by atoms with van der Waals surface area (Å²) < 4.78 is 0. The summed E-state index contributed by atoms with van der Waals surface area (Å²) in [6.07, 6.45) is 2.25. The Morgan fingerprint density at radius 2 is 2.06 bits per heavy atom. The first kappa shape index (κ1) is 12.8. The zero-order valence-electron chi connectivity index (χ0n) is 10.9. The lowest BCUT2D eigenvalue weighted by Gasteiger charge is -2.34. The number of piperidine rings is 1.